The maximum Gasteiger partial charge on any atom is 0.228 e. The first-order chi connectivity index (χ1) is 19.5. The molecule has 1 aliphatic rings. The predicted octanol–water partition coefficient (Wildman–Crippen LogP) is 5.75. The van der Waals surface area contributed by atoms with Crippen molar-refractivity contribution < 1.29 is 17.5 Å². The number of hydrogen-bond donors (Lipinski definition) is 3. The molecule has 2 aromatic heterocycles. The number of aromatic nitrogens is 3. The van der Waals surface area contributed by atoms with E-state index in [1.807, 2.05) is 13.0 Å². The molecule has 0 amide bonds. The Labute approximate surface area is 252 Å². The molecule has 0 radical (unpaired) electrons. The van der Waals surface area contributed by atoms with Crippen molar-refractivity contribution in [1.82, 2.24) is 20.3 Å². The number of benzene rings is 2. The fraction of sp³-hybridized carbons (Fsp3) is 0.367. The second-order valence-electron chi connectivity index (χ2n) is 11.1. The van der Waals surface area contributed by atoms with Gasteiger partial charge in [0.2, 0.25) is 21.9 Å². The van der Waals surface area contributed by atoms with Crippen molar-refractivity contribution >= 4 is 39.2 Å². The minimum absolute atomic E-state index is 0. The molecule has 4 aromatic rings. The summed E-state index contributed by atoms with van der Waals surface area (Å²) in [6.45, 7) is 9.32. The quantitative estimate of drug-likeness (QED) is 0.229. The Bertz CT molecular complexity index is 1690. The number of pyridine rings is 1. The van der Waals surface area contributed by atoms with Crippen molar-refractivity contribution in [1.29, 1.82) is 0 Å². The zero-order chi connectivity index (χ0) is 29.3. The van der Waals surface area contributed by atoms with E-state index in [-0.39, 0.29) is 24.0 Å². The topological polar surface area (TPSA) is 132 Å². The van der Waals surface area contributed by atoms with Gasteiger partial charge in [-0.25, -0.2) is 32.9 Å². The lowest BCUT2D eigenvalue weighted by atomic mass is 9.94. The first kappa shape index (κ1) is 31.6. The van der Waals surface area contributed by atoms with Crippen LogP contribution in [-0.2, 0) is 10.0 Å². The summed E-state index contributed by atoms with van der Waals surface area (Å²) in [5.41, 5.74) is 2.08. The van der Waals surface area contributed by atoms with Crippen LogP contribution in [0.3, 0.4) is 0 Å². The van der Waals surface area contributed by atoms with Crippen LogP contribution in [0, 0.1) is 24.6 Å². The standard InChI is InChI=1S/C30H35FN6O3S.ClH/c1-17(2)28(41(32,38)39)26-21-8-7-19(4)27(22(21)9-10-24(26)31)40-29-23(6-5-12-34-29)25-11-13-35-30(37-25)36-20-14-18(3)15-33-16-20;/h5-13,17-18,20,28,33H,14-16H2,1-4H3,(H2,32,38,39)(H,35,36,37);1H/t18-,20-,28?;/m0./s1. The fourth-order valence-corrected chi connectivity index (χ4v) is 6.90. The number of ether oxygens (including phenoxy) is 1. The number of halogens is 2. The molecule has 0 saturated carbocycles. The van der Waals surface area contributed by atoms with E-state index in [9.17, 15) is 8.42 Å². The molecule has 1 saturated heterocycles. The molecule has 3 heterocycles. The number of nitrogens with two attached hydrogens (primary N) is 1. The van der Waals surface area contributed by atoms with E-state index in [1.54, 1.807) is 56.6 Å². The van der Waals surface area contributed by atoms with Crippen LogP contribution in [0.15, 0.2) is 54.9 Å². The van der Waals surface area contributed by atoms with Crippen LogP contribution in [0.1, 0.15) is 43.6 Å². The summed E-state index contributed by atoms with van der Waals surface area (Å²) in [5.74, 6) is 0.728. The summed E-state index contributed by atoms with van der Waals surface area (Å²) in [4.78, 5) is 13.7. The lowest BCUT2D eigenvalue weighted by molar-refractivity contribution is 0.377. The average molecular weight is 615 g/mol. The van der Waals surface area contributed by atoms with Crippen molar-refractivity contribution in [3.63, 3.8) is 0 Å². The third-order valence-electron chi connectivity index (χ3n) is 7.39. The Morgan fingerprint density at radius 2 is 1.83 bits per heavy atom. The van der Waals surface area contributed by atoms with Gasteiger partial charge in [-0.15, -0.1) is 12.4 Å². The van der Waals surface area contributed by atoms with E-state index in [4.69, 9.17) is 14.9 Å². The Hall–Kier alpha value is -3.38. The molecule has 5 rings (SSSR count). The molecule has 224 valence electrons. The first-order valence-electron chi connectivity index (χ1n) is 13.7. The van der Waals surface area contributed by atoms with Crippen LogP contribution in [0.4, 0.5) is 10.3 Å². The minimum atomic E-state index is -4.09. The average Bonchev–Trinajstić information content (AvgIpc) is 2.91. The van der Waals surface area contributed by atoms with Gasteiger partial charge in [0.05, 0.1) is 11.3 Å². The van der Waals surface area contributed by atoms with Gasteiger partial charge in [-0.05, 0) is 73.0 Å². The van der Waals surface area contributed by atoms with Gasteiger partial charge in [0.1, 0.15) is 16.8 Å². The lowest BCUT2D eigenvalue weighted by Gasteiger charge is -2.28. The molecule has 4 N–H and O–H groups in total. The van der Waals surface area contributed by atoms with Crippen LogP contribution in [0.25, 0.3) is 22.0 Å². The van der Waals surface area contributed by atoms with Crippen LogP contribution in [-0.4, -0.2) is 42.5 Å². The molecule has 12 heteroatoms. The van der Waals surface area contributed by atoms with Gasteiger partial charge >= 0.3 is 0 Å². The van der Waals surface area contributed by atoms with Gasteiger partial charge < -0.3 is 15.4 Å². The number of rotatable bonds is 8. The molecule has 2 aromatic carbocycles. The number of sulfonamides is 1. The number of nitrogens with one attached hydrogen (secondary N) is 2. The largest absolute Gasteiger partial charge is 0.437 e. The Morgan fingerprint density at radius 3 is 2.55 bits per heavy atom. The SMILES string of the molecule is Cc1ccc2c(C(C(C)C)S(N)(=O)=O)c(F)ccc2c1Oc1ncccc1-c1ccnc(N[C@@H]2CNC[C@@H](C)C2)n1.Cl. The fourth-order valence-electron chi connectivity index (χ4n) is 5.58. The van der Waals surface area contributed by atoms with Crippen LogP contribution >= 0.6 is 12.4 Å². The van der Waals surface area contributed by atoms with Gasteiger partial charge in [0, 0.05) is 35.9 Å². The van der Waals surface area contributed by atoms with E-state index in [2.05, 4.69) is 27.5 Å². The second kappa shape index (κ2) is 12.9. The number of fused-ring (bicyclic) bond motifs is 1. The highest BCUT2D eigenvalue weighted by Gasteiger charge is 2.32. The highest BCUT2D eigenvalue weighted by molar-refractivity contribution is 7.89. The molecule has 1 unspecified atom stereocenters. The molecule has 1 fully saturated rings. The molecule has 42 heavy (non-hydrogen) atoms. The molecule has 3 atom stereocenters. The van der Waals surface area contributed by atoms with Gasteiger partial charge in [-0.1, -0.05) is 32.9 Å². The lowest BCUT2D eigenvalue weighted by Crippen LogP contribution is -2.42. The highest BCUT2D eigenvalue weighted by Crippen LogP contribution is 2.42. The van der Waals surface area contributed by atoms with E-state index < -0.39 is 27.0 Å². The van der Waals surface area contributed by atoms with Crippen LogP contribution < -0.4 is 20.5 Å². The molecule has 0 aliphatic carbocycles. The number of aryl methyl sites for hydroxylation is 1. The molecular formula is C30H36ClFN6O3S. The van der Waals surface area contributed by atoms with Crippen molar-refractivity contribution in [2.75, 3.05) is 18.4 Å². The molecule has 1 aliphatic heterocycles. The maximum absolute atomic E-state index is 15.2. The van der Waals surface area contributed by atoms with E-state index in [0.717, 1.165) is 25.1 Å². The number of anilines is 1. The smallest absolute Gasteiger partial charge is 0.228 e. The van der Waals surface area contributed by atoms with Gasteiger partial charge in [-0.2, -0.15) is 0 Å². The molecule has 0 spiro atoms. The maximum atomic E-state index is 15.2. The Kier molecular flexibility index (Phi) is 9.67. The Morgan fingerprint density at radius 1 is 1.07 bits per heavy atom. The van der Waals surface area contributed by atoms with Crippen molar-refractivity contribution in [3.05, 3.63) is 71.8 Å². The zero-order valence-electron chi connectivity index (χ0n) is 24.0. The number of hydrogen-bond acceptors (Lipinski definition) is 8. The molecular weight excluding hydrogens is 579 g/mol. The summed E-state index contributed by atoms with van der Waals surface area (Å²) in [5, 5.41) is 12.2. The minimum Gasteiger partial charge on any atom is -0.437 e. The van der Waals surface area contributed by atoms with Crippen molar-refractivity contribution in [2.45, 2.75) is 45.4 Å². The van der Waals surface area contributed by atoms with Crippen molar-refractivity contribution in [3.8, 4) is 22.9 Å². The summed E-state index contributed by atoms with van der Waals surface area (Å²) in [7, 11) is -4.09. The van der Waals surface area contributed by atoms with Gasteiger partial charge in [0.15, 0.2) is 0 Å². The highest BCUT2D eigenvalue weighted by atomic mass is 35.5. The van der Waals surface area contributed by atoms with E-state index in [1.165, 1.54) is 6.07 Å². The Balaban J connectivity index is 0.00000405. The van der Waals surface area contributed by atoms with E-state index >= 15 is 4.39 Å². The third-order valence-corrected chi connectivity index (χ3v) is 8.87. The first-order valence-corrected chi connectivity index (χ1v) is 15.3. The normalized spacial score (nSPS) is 18.0. The third kappa shape index (κ3) is 6.64. The second-order valence-corrected chi connectivity index (χ2v) is 12.8. The zero-order valence-corrected chi connectivity index (χ0v) is 25.6. The van der Waals surface area contributed by atoms with Crippen molar-refractivity contribution in [2.24, 2.45) is 17.0 Å². The summed E-state index contributed by atoms with van der Waals surface area (Å²) in [6.07, 6.45) is 4.34. The monoisotopic (exact) mass is 614 g/mol. The van der Waals surface area contributed by atoms with Gasteiger partial charge in [0.25, 0.3) is 0 Å². The predicted molar refractivity (Wildman–Crippen MR) is 166 cm³/mol. The molecule has 0 bridgehead atoms. The summed E-state index contributed by atoms with van der Waals surface area (Å²) in [6, 6.07) is 12.0. The number of primary sulfonamides is 1. The number of piperidine rings is 1. The van der Waals surface area contributed by atoms with Gasteiger partial charge in [-0.3, -0.25) is 0 Å². The summed E-state index contributed by atoms with van der Waals surface area (Å²) >= 11 is 0. The van der Waals surface area contributed by atoms with Crippen LogP contribution in [0.5, 0.6) is 11.6 Å². The van der Waals surface area contributed by atoms with Crippen LogP contribution in [0.2, 0.25) is 0 Å². The molecule has 9 nitrogen and oxygen atoms in total. The van der Waals surface area contributed by atoms with E-state index in [0.29, 0.717) is 45.5 Å². The number of nitrogens with zero attached hydrogens (tertiary/aromatic N) is 3. The summed E-state index contributed by atoms with van der Waals surface area (Å²) < 4.78 is 46.7.